The smallest absolute Gasteiger partial charge is 0.224 e. The highest BCUT2D eigenvalue weighted by Crippen LogP contribution is 2.45. The summed E-state index contributed by atoms with van der Waals surface area (Å²) in [5.41, 5.74) is 0.794. The topological polar surface area (TPSA) is 95.5 Å². The van der Waals surface area contributed by atoms with Crippen LogP contribution in [0.1, 0.15) is 90.5 Å². The first-order valence-electron chi connectivity index (χ1n) is 14.5. The van der Waals surface area contributed by atoms with E-state index in [0.717, 1.165) is 18.4 Å². The zero-order valence-corrected chi connectivity index (χ0v) is 23.8. The molecule has 1 amide bonds. The summed E-state index contributed by atoms with van der Waals surface area (Å²) in [7, 11) is 1.58. The van der Waals surface area contributed by atoms with Gasteiger partial charge in [0.15, 0.2) is 5.79 Å². The van der Waals surface area contributed by atoms with E-state index in [1.165, 1.54) is 51.4 Å². The van der Waals surface area contributed by atoms with Crippen LogP contribution in [0.4, 0.5) is 0 Å². The molecule has 0 spiro atoms. The monoisotopic (exact) mass is 535 g/mol. The van der Waals surface area contributed by atoms with E-state index in [9.17, 15) is 9.90 Å². The van der Waals surface area contributed by atoms with Crippen LogP contribution in [0.2, 0.25) is 0 Å². The van der Waals surface area contributed by atoms with Crippen LogP contribution in [-0.2, 0) is 30.2 Å². The summed E-state index contributed by atoms with van der Waals surface area (Å²) in [6.07, 6.45) is 10.5. The van der Waals surface area contributed by atoms with Gasteiger partial charge in [-0.05, 0) is 26.3 Å². The molecule has 2 saturated heterocycles. The number of nitrogens with one attached hydrogen (secondary N) is 1. The number of fused-ring (bicyclic) bond motifs is 1. The molecule has 0 radical (unpaired) electrons. The highest BCUT2D eigenvalue weighted by atomic mass is 16.9. The number of unbranched alkanes of at least 4 members (excludes halogenated alkanes) is 9. The van der Waals surface area contributed by atoms with Crippen LogP contribution in [-0.4, -0.2) is 67.8 Å². The fourth-order valence-corrected chi connectivity index (χ4v) is 5.35. The summed E-state index contributed by atoms with van der Waals surface area (Å²) in [6.45, 7) is 6.76. The molecule has 1 aromatic carbocycles. The summed E-state index contributed by atoms with van der Waals surface area (Å²) in [4.78, 5) is 12.6. The van der Waals surface area contributed by atoms with E-state index < -0.39 is 29.9 Å². The third kappa shape index (κ3) is 8.91. The summed E-state index contributed by atoms with van der Waals surface area (Å²) in [5, 5.41) is 13.8. The number of ether oxygens (including phenoxy) is 5. The third-order valence-corrected chi connectivity index (χ3v) is 7.29. The molecule has 38 heavy (non-hydrogen) atoms. The molecule has 0 aromatic heterocycles. The zero-order valence-electron chi connectivity index (χ0n) is 23.8. The van der Waals surface area contributed by atoms with Crippen LogP contribution in [0, 0.1) is 0 Å². The van der Waals surface area contributed by atoms with Gasteiger partial charge in [0.1, 0.15) is 30.7 Å². The van der Waals surface area contributed by atoms with Crippen molar-refractivity contribution in [2.24, 2.45) is 0 Å². The molecule has 3 rings (SSSR count). The summed E-state index contributed by atoms with van der Waals surface area (Å²) in [6, 6.07) is 7.41. The number of hydrogen-bond acceptors (Lipinski definition) is 7. The molecule has 0 aliphatic carbocycles. The van der Waals surface area contributed by atoms with Gasteiger partial charge in [-0.25, -0.2) is 0 Å². The molecule has 0 unspecified atom stereocenters. The number of hydrogen-bond donors (Lipinski definition) is 2. The van der Waals surface area contributed by atoms with Crippen molar-refractivity contribution in [3.8, 4) is 5.75 Å². The minimum Gasteiger partial charge on any atom is -0.496 e. The second kappa shape index (κ2) is 15.2. The van der Waals surface area contributed by atoms with Gasteiger partial charge in [-0.2, -0.15) is 0 Å². The minimum atomic E-state index is -1.19. The fourth-order valence-electron chi connectivity index (χ4n) is 5.35. The van der Waals surface area contributed by atoms with Crippen molar-refractivity contribution in [3.63, 3.8) is 0 Å². The number of rotatable bonds is 18. The lowest BCUT2D eigenvalue weighted by molar-refractivity contribution is -0.277. The summed E-state index contributed by atoms with van der Waals surface area (Å²) < 4.78 is 29.6. The lowest BCUT2D eigenvalue weighted by atomic mass is 10.1. The SMILES string of the molecule is CCCCCCCCCCCCOC[C@@]12O[C@@H](CNC(=O)Cc3ccccc3OC)[C@@H](O)[C@@H]1OC(C)(C)O2. The number of aliphatic hydroxyl groups excluding tert-OH is 1. The van der Waals surface area contributed by atoms with Gasteiger partial charge in [-0.3, -0.25) is 4.79 Å². The number of carbonyl (C=O) groups is 1. The second-order valence-corrected chi connectivity index (χ2v) is 11.0. The maximum Gasteiger partial charge on any atom is 0.224 e. The van der Waals surface area contributed by atoms with Crippen molar-refractivity contribution in [1.82, 2.24) is 5.32 Å². The molecule has 2 heterocycles. The van der Waals surface area contributed by atoms with E-state index in [4.69, 9.17) is 23.7 Å². The minimum absolute atomic E-state index is 0.138. The first kappa shape index (κ1) is 30.8. The van der Waals surface area contributed by atoms with E-state index in [1.807, 2.05) is 24.3 Å². The first-order valence-corrected chi connectivity index (χ1v) is 14.5. The number of amides is 1. The largest absolute Gasteiger partial charge is 0.496 e. The standard InChI is InChI=1S/C30H49NO7/c1-5-6-7-8-9-10-11-12-13-16-19-35-22-30-28(37-29(2,3)38-30)27(33)25(36-30)21-31-26(32)20-23-17-14-15-18-24(23)34-4/h14-15,17-18,25,27-28,33H,5-13,16,19-22H2,1-4H3,(H,31,32)/t25-,27+,28-,30-/m0/s1. The van der Waals surface area contributed by atoms with Gasteiger partial charge >= 0.3 is 0 Å². The Bertz CT molecular complexity index is 848. The lowest BCUT2D eigenvalue weighted by Crippen LogP contribution is -2.45. The van der Waals surface area contributed by atoms with Crippen molar-refractivity contribution in [1.29, 1.82) is 0 Å². The summed E-state index contributed by atoms with van der Waals surface area (Å²) in [5.74, 6) is -1.61. The first-order chi connectivity index (χ1) is 18.3. The number of carbonyl (C=O) groups excluding carboxylic acids is 1. The molecular weight excluding hydrogens is 486 g/mol. The second-order valence-electron chi connectivity index (χ2n) is 11.0. The van der Waals surface area contributed by atoms with Gasteiger partial charge in [-0.1, -0.05) is 82.9 Å². The van der Waals surface area contributed by atoms with Crippen molar-refractivity contribution in [2.75, 3.05) is 26.9 Å². The Morgan fingerprint density at radius 2 is 1.66 bits per heavy atom. The van der Waals surface area contributed by atoms with Crippen molar-refractivity contribution in [2.45, 2.75) is 121 Å². The Kier molecular flexibility index (Phi) is 12.3. The van der Waals surface area contributed by atoms with Gasteiger partial charge in [0.2, 0.25) is 11.7 Å². The number of para-hydroxylation sites is 1. The molecule has 2 aliphatic heterocycles. The Labute approximate surface area is 228 Å². The van der Waals surface area contributed by atoms with Gasteiger partial charge < -0.3 is 34.1 Å². The predicted molar refractivity (Wildman–Crippen MR) is 146 cm³/mol. The van der Waals surface area contributed by atoms with E-state index >= 15 is 0 Å². The molecule has 8 heteroatoms. The van der Waals surface area contributed by atoms with E-state index in [0.29, 0.717) is 12.4 Å². The average molecular weight is 536 g/mol. The molecule has 0 saturated carbocycles. The Morgan fingerprint density at radius 3 is 2.34 bits per heavy atom. The normalized spacial score (nSPS) is 25.9. The summed E-state index contributed by atoms with van der Waals surface area (Å²) >= 11 is 0. The third-order valence-electron chi connectivity index (χ3n) is 7.29. The zero-order chi connectivity index (χ0) is 27.4. The number of methoxy groups -OCH3 is 1. The van der Waals surface area contributed by atoms with Crippen LogP contribution in [0.5, 0.6) is 5.75 Å². The van der Waals surface area contributed by atoms with Gasteiger partial charge in [0.25, 0.3) is 0 Å². The van der Waals surface area contributed by atoms with Crippen LogP contribution >= 0.6 is 0 Å². The van der Waals surface area contributed by atoms with Gasteiger partial charge in [0, 0.05) is 18.7 Å². The molecule has 0 bridgehead atoms. The van der Waals surface area contributed by atoms with Crippen LogP contribution in [0.25, 0.3) is 0 Å². The highest BCUT2D eigenvalue weighted by molar-refractivity contribution is 5.79. The molecule has 2 aliphatic rings. The molecule has 216 valence electrons. The Balaban J connectivity index is 1.40. The van der Waals surface area contributed by atoms with Crippen LogP contribution < -0.4 is 10.1 Å². The average Bonchev–Trinajstić information content (AvgIpc) is 3.30. The van der Waals surface area contributed by atoms with E-state index in [1.54, 1.807) is 21.0 Å². The highest BCUT2D eigenvalue weighted by Gasteiger charge is 2.64. The maximum absolute atomic E-state index is 12.6. The quantitative estimate of drug-likeness (QED) is 0.258. The van der Waals surface area contributed by atoms with Crippen molar-refractivity contribution in [3.05, 3.63) is 29.8 Å². The Hall–Kier alpha value is -1.71. The molecule has 2 fully saturated rings. The molecule has 8 nitrogen and oxygen atoms in total. The molecule has 2 N–H and O–H groups in total. The van der Waals surface area contributed by atoms with Gasteiger partial charge in [0.05, 0.1) is 13.5 Å². The Morgan fingerprint density at radius 1 is 1.00 bits per heavy atom. The fraction of sp³-hybridized carbons (Fsp3) is 0.767. The van der Waals surface area contributed by atoms with E-state index in [-0.39, 0.29) is 25.5 Å². The van der Waals surface area contributed by atoms with Crippen LogP contribution in [0.3, 0.4) is 0 Å². The lowest BCUT2D eigenvalue weighted by Gasteiger charge is -2.28. The van der Waals surface area contributed by atoms with E-state index in [2.05, 4.69) is 12.2 Å². The maximum atomic E-state index is 12.6. The molecule has 1 aromatic rings. The van der Waals surface area contributed by atoms with Crippen molar-refractivity contribution >= 4 is 5.91 Å². The predicted octanol–water partition coefficient (Wildman–Crippen LogP) is 4.90. The van der Waals surface area contributed by atoms with Crippen LogP contribution in [0.15, 0.2) is 24.3 Å². The number of aliphatic hydroxyl groups is 1. The molecule has 4 atom stereocenters. The number of benzene rings is 1. The van der Waals surface area contributed by atoms with Crippen molar-refractivity contribution < 1.29 is 33.6 Å². The molecular formula is C30H49NO7. The van der Waals surface area contributed by atoms with Gasteiger partial charge in [-0.15, -0.1) is 0 Å².